The van der Waals surface area contributed by atoms with Crippen LogP contribution in [0.2, 0.25) is 0 Å². The zero-order valence-corrected chi connectivity index (χ0v) is 12.0. The topological polar surface area (TPSA) is 51.3 Å². The molecule has 0 aliphatic rings. The summed E-state index contributed by atoms with van der Waals surface area (Å²) in [4.78, 5) is 13.9. The Morgan fingerprint density at radius 1 is 1.25 bits per heavy atom. The molecule has 0 bridgehead atoms. The minimum Gasteiger partial charge on any atom is -0.399 e. The third-order valence-electron chi connectivity index (χ3n) is 3.65. The lowest BCUT2D eigenvalue weighted by Crippen LogP contribution is -2.29. The monoisotopic (exact) mass is 271 g/mol. The predicted molar refractivity (Wildman–Crippen MR) is 82.6 cm³/mol. The van der Waals surface area contributed by atoms with Gasteiger partial charge < -0.3 is 10.3 Å². The van der Waals surface area contributed by atoms with Gasteiger partial charge in [-0.1, -0.05) is 18.2 Å². The molecule has 1 aromatic heterocycles. The highest BCUT2D eigenvalue weighted by atomic mass is 16.1. The number of likely N-dealkylation sites (N-methyl/N-ethyl adjacent to an activating group) is 1. The molecule has 0 fully saturated rings. The van der Waals surface area contributed by atoms with Crippen molar-refractivity contribution in [3.05, 3.63) is 64.6 Å². The van der Waals surface area contributed by atoms with Gasteiger partial charge in [0.15, 0.2) is 0 Å². The average molecular weight is 271 g/mol. The number of hydrogen-bond donors (Lipinski definition) is 1. The van der Waals surface area contributed by atoms with Crippen molar-refractivity contribution in [3.8, 4) is 0 Å². The first kappa shape index (κ1) is 14.3. The van der Waals surface area contributed by atoms with Gasteiger partial charge in [0.25, 0.3) is 5.56 Å². The summed E-state index contributed by atoms with van der Waals surface area (Å²) < 4.78 is 1.72. The SMILES string of the molecule is CC(c1cccc(N)c1)N(C)CCn1ccccc1=O. The van der Waals surface area contributed by atoms with Gasteiger partial charge in [0.2, 0.25) is 0 Å². The zero-order chi connectivity index (χ0) is 14.5. The maximum atomic E-state index is 11.6. The van der Waals surface area contributed by atoms with Crippen molar-refractivity contribution < 1.29 is 0 Å². The van der Waals surface area contributed by atoms with E-state index in [1.807, 2.05) is 30.5 Å². The summed E-state index contributed by atoms with van der Waals surface area (Å²) in [6, 6.07) is 13.4. The highest BCUT2D eigenvalue weighted by Gasteiger charge is 2.11. The lowest BCUT2D eigenvalue weighted by Gasteiger charge is -2.25. The first-order valence-corrected chi connectivity index (χ1v) is 6.79. The molecule has 4 nitrogen and oxygen atoms in total. The maximum absolute atomic E-state index is 11.6. The normalized spacial score (nSPS) is 12.6. The van der Waals surface area contributed by atoms with Gasteiger partial charge in [-0.15, -0.1) is 0 Å². The molecule has 0 aliphatic heterocycles. The molecule has 2 rings (SSSR count). The van der Waals surface area contributed by atoms with Crippen LogP contribution < -0.4 is 11.3 Å². The van der Waals surface area contributed by atoms with Crippen molar-refractivity contribution in [2.45, 2.75) is 19.5 Å². The number of rotatable bonds is 5. The molecule has 1 heterocycles. The molecule has 2 aromatic rings. The minimum absolute atomic E-state index is 0.0394. The summed E-state index contributed by atoms with van der Waals surface area (Å²) in [6.45, 7) is 3.63. The number of nitrogens with two attached hydrogens (primary N) is 1. The van der Waals surface area contributed by atoms with E-state index in [2.05, 4.69) is 24.9 Å². The van der Waals surface area contributed by atoms with Crippen LogP contribution in [-0.4, -0.2) is 23.1 Å². The Kier molecular flexibility index (Phi) is 4.58. The van der Waals surface area contributed by atoms with E-state index < -0.39 is 0 Å². The quantitative estimate of drug-likeness (QED) is 0.848. The average Bonchev–Trinajstić information content (AvgIpc) is 2.45. The van der Waals surface area contributed by atoms with Crippen molar-refractivity contribution in [3.63, 3.8) is 0 Å². The zero-order valence-electron chi connectivity index (χ0n) is 12.0. The molecule has 2 N–H and O–H groups in total. The molecular formula is C16H21N3O. The first-order chi connectivity index (χ1) is 9.58. The van der Waals surface area contributed by atoms with E-state index in [1.165, 1.54) is 5.56 Å². The van der Waals surface area contributed by atoms with E-state index >= 15 is 0 Å². The van der Waals surface area contributed by atoms with Crippen molar-refractivity contribution in [1.82, 2.24) is 9.47 Å². The Morgan fingerprint density at radius 3 is 2.75 bits per heavy atom. The van der Waals surface area contributed by atoms with Crippen LogP contribution in [0.1, 0.15) is 18.5 Å². The van der Waals surface area contributed by atoms with Crippen molar-refractivity contribution in [1.29, 1.82) is 0 Å². The van der Waals surface area contributed by atoms with Crippen molar-refractivity contribution in [2.75, 3.05) is 19.3 Å². The molecule has 20 heavy (non-hydrogen) atoms. The molecule has 1 aromatic carbocycles. The van der Waals surface area contributed by atoms with Gasteiger partial charge in [0.1, 0.15) is 0 Å². The summed E-state index contributed by atoms with van der Waals surface area (Å²) >= 11 is 0. The van der Waals surface area contributed by atoms with Crippen LogP contribution in [0.15, 0.2) is 53.5 Å². The largest absolute Gasteiger partial charge is 0.399 e. The highest BCUT2D eigenvalue weighted by molar-refractivity contribution is 5.41. The van der Waals surface area contributed by atoms with E-state index in [1.54, 1.807) is 16.7 Å². The molecule has 0 spiro atoms. The second-order valence-corrected chi connectivity index (χ2v) is 5.06. The van der Waals surface area contributed by atoms with Crippen LogP contribution in [0.25, 0.3) is 0 Å². The summed E-state index contributed by atoms with van der Waals surface area (Å²) in [7, 11) is 2.06. The third-order valence-corrected chi connectivity index (χ3v) is 3.65. The second kappa shape index (κ2) is 6.39. The van der Waals surface area contributed by atoms with Gasteiger partial charge in [-0.25, -0.2) is 0 Å². The molecule has 4 heteroatoms. The number of nitrogens with zero attached hydrogens (tertiary/aromatic N) is 2. The molecule has 0 radical (unpaired) electrons. The van der Waals surface area contributed by atoms with Crippen molar-refractivity contribution in [2.24, 2.45) is 0 Å². The lowest BCUT2D eigenvalue weighted by molar-refractivity contribution is 0.250. The van der Waals surface area contributed by atoms with Crippen LogP contribution in [0.4, 0.5) is 5.69 Å². The van der Waals surface area contributed by atoms with Crippen LogP contribution in [-0.2, 0) is 6.54 Å². The van der Waals surface area contributed by atoms with E-state index in [0.29, 0.717) is 6.54 Å². The minimum atomic E-state index is 0.0394. The predicted octanol–water partition coefficient (Wildman–Crippen LogP) is 2.12. The molecule has 0 saturated heterocycles. The lowest BCUT2D eigenvalue weighted by atomic mass is 10.1. The van der Waals surface area contributed by atoms with E-state index in [9.17, 15) is 4.79 Å². The Bertz CT molecular complexity index is 621. The van der Waals surface area contributed by atoms with Crippen LogP contribution in [0, 0.1) is 0 Å². The molecule has 106 valence electrons. The molecule has 1 unspecified atom stereocenters. The number of hydrogen-bond acceptors (Lipinski definition) is 3. The van der Waals surface area contributed by atoms with Crippen LogP contribution >= 0.6 is 0 Å². The smallest absolute Gasteiger partial charge is 0.250 e. The summed E-state index contributed by atoms with van der Waals surface area (Å²) in [5, 5.41) is 0. The Hall–Kier alpha value is -2.07. The van der Waals surface area contributed by atoms with Gasteiger partial charge >= 0.3 is 0 Å². The molecule has 0 saturated carbocycles. The van der Waals surface area contributed by atoms with E-state index in [-0.39, 0.29) is 11.6 Å². The number of aromatic nitrogens is 1. The number of anilines is 1. The number of benzene rings is 1. The Labute approximate surface area is 119 Å². The van der Waals surface area contributed by atoms with Crippen LogP contribution in [0.5, 0.6) is 0 Å². The Morgan fingerprint density at radius 2 is 2.05 bits per heavy atom. The highest BCUT2D eigenvalue weighted by Crippen LogP contribution is 2.20. The molecule has 0 aliphatic carbocycles. The first-order valence-electron chi connectivity index (χ1n) is 6.79. The summed E-state index contributed by atoms with van der Waals surface area (Å²) in [5.74, 6) is 0. The number of nitrogen functional groups attached to an aromatic ring is 1. The molecule has 0 amide bonds. The van der Waals surface area contributed by atoms with Gasteiger partial charge in [-0.05, 0) is 37.7 Å². The standard InChI is InChI=1S/C16H21N3O/c1-13(14-6-5-7-15(17)12-14)18(2)10-11-19-9-4-3-8-16(19)20/h3-9,12-13H,10-11,17H2,1-2H3. The van der Waals surface area contributed by atoms with Gasteiger partial charge in [-0.3, -0.25) is 9.69 Å². The Balaban J connectivity index is 2.00. The van der Waals surface area contributed by atoms with E-state index in [4.69, 9.17) is 5.73 Å². The summed E-state index contributed by atoms with van der Waals surface area (Å²) in [5.41, 5.74) is 7.82. The maximum Gasteiger partial charge on any atom is 0.250 e. The number of pyridine rings is 1. The van der Waals surface area contributed by atoms with Crippen molar-refractivity contribution >= 4 is 5.69 Å². The van der Waals surface area contributed by atoms with Crippen LogP contribution in [0.3, 0.4) is 0 Å². The molecule has 1 atom stereocenters. The summed E-state index contributed by atoms with van der Waals surface area (Å²) in [6.07, 6.45) is 1.82. The fraction of sp³-hybridized carbons (Fsp3) is 0.312. The fourth-order valence-corrected chi connectivity index (χ4v) is 2.18. The van der Waals surface area contributed by atoms with E-state index in [0.717, 1.165) is 12.2 Å². The second-order valence-electron chi connectivity index (χ2n) is 5.06. The molecular weight excluding hydrogens is 250 g/mol. The van der Waals surface area contributed by atoms with Gasteiger partial charge in [0.05, 0.1) is 0 Å². The third kappa shape index (κ3) is 3.48. The fourth-order valence-electron chi connectivity index (χ4n) is 2.18. The van der Waals surface area contributed by atoms with Gasteiger partial charge in [0, 0.05) is 37.1 Å². The van der Waals surface area contributed by atoms with Gasteiger partial charge in [-0.2, -0.15) is 0 Å².